The largest absolute Gasteiger partial charge is 0.462 e. The number of carbonyl (C=O) groups is 3. The molecule has 0 unspecified atom stereocenters. The van der Waals surface area contributed by atoms with E-state index in [9.17, 15) is 14.4 Å². The van der Waals surface area contributed by atoms with Gasteiger partial charge in [0.1, 0.15) is 0 Å². The minimum atomic E-state index is -0.464. The number of thiazole rings is 1. The predicted molar refractivity (Wildman–Crippen MR) is 121 cm³/mol. The summed E-state index contributed by atoms with van der Waals surface area (Å²) >= 11 is 7.10. The summed E-state index contributed by atoms with van der Waals surface area (Å²) < 4.78 is 4.92. The van der Waals surface area contributed by atoms with E-state index in [1.54, 1.807) is 60.8 Å². The second kappa shape index (κ2) is 10.6. The average molecular weight is 459 g/mol. The van der Waals surface area contributed by atoms with Gasteiger partial charge in [0.25, 0.3) is 0 Å². The van der Waals surface area contributed by atoms with Crippen molar-refractivity contribution in [2.75, 3.05) is 22.6 Å². The molecule has 1 aromatic heterocycles. The quantitative estimate of drug-likeness (QED) is 0.440. The van der Waals surface area contributed by atoms with E-state index in [1.807, 2.05) is 0 Å². The van der Waals surface area contributed by atoms with E-state index in [1.165, 1.54) is 11.3 Å². The van der Waals surface area contributed by atoms with Crippen molar-refractivity contribution < 1.29 is 19.1 Å². The highest BCUT2D eigenvalue weighted by Crippen LogP contribution is 2.19. The van der Waals surface area contributed by atoms with Gasteiger partial charge in [-0.1, -0.05) is 17.7 Å². The van der Waals surface area contributed by atoms with Crippen LogP contribution in [0.25, 0.3) is 0 Å². The maximum Gasteiger partial charge on any atom is 0.338 e. The molecule has 2 aromatic carbocycles. The number of ether oxygens (including phenoxy) is 1. The number of urea groups is 1. The number of esters is 1. The molecule has 0 aliphatic heterocycles. The summed E-state index contributed by atoms with van der Waals surface area (Å²) in [5.74, 6) is -0.689. The normalized spacial score (nSPS) is 10.3. The first-order valence-electron chi connectivity index (χ1n) is 9.28. The lowest BCUT2D eigenvalue weighted by Crippen LogP contribution is -2.19. The molecular weight excluding hydrogens is 440 g/mol. The second-order valence-corrected chi connectivity index (χ2v) is 7.55. The molecule has 1 heterocycles. The minimum absolute atomic E-state index is 0.0354. The van der Waals surface area contributed by atoms with Gasteiger partial charge >= 0.3 is 12.0 Å². The fourth-order valence-corrected chi connectivity index (χ4v) is 3.44. The number of carbonyl (C=O) groups excluding carboxylic acids is 3. The van der Waals surface area contributed by atoms with E-state index < -0.39 is 12.0 Å². The first kappa shape index (κ1) is 22.3. The lowest BCUT2D eigenvalue weighted by molar-refractivity contribution is -0.115. The Morgan fingerprint density at radius 1 is 1.03 bits per heavy atom. The average Bonchev–Trinajstić information content (AvgIpc) is 3.15. The van der Waals surface area contributed by atoms with E-state index in [2.05, 4.69) is 20.9 Å². The van der Waals surface area contributed by atoms with Gasteiger partial charge in [-0.2, -0.15) is 0 Å². The zero-order chi connectivity index (χ0) is 22.2. The predicted octanol–water partition coefficient (Wildman–Crippen LogP) is 4.80. The van der Waals surface area contributed by atoms with Crippen LogP contribution in [0.4, 0.5) is 21.3 Å². The van der Waals surface area contributed by atoms with Crippen molar-refractivity contribution in [3.8, 4) is 0 Å². The molecule has 0 radical (unpaired) electrons. The summed E-state index contributed by atoms with van der Waals surface area (Å²) in [6, 6.07) is 12.7. The molecular formula is C21H19ClN4O4S. The molecule has 3 N–H and O–H groups in total. The van der Waals surface area contributed by atoms with Crippen molar-refractivity contribution in [2.24, 2.45) is 0 Å². The molecule has 3 amide bonds. The number of rotatable bonds is 7. The van der Waals surface area contributed by atoms with Gasteiger partial charge in [-0.3, -0.25) is 10.1 Å². The van der Waals surface area contributed by atoms with Crippen LogP contribution in [-0.2, 0) is 16.0 Å². The number of halogens is 1. The third kappa shape index (κ3) is 6.80. The second-order valence-electron chi connectivity index (χ2n) is 6.26. The summed E-state index contributed by atoms with van der Waals surface area (Å²) in [5, 5.41) is 10.6. The van der Waals surface area contributed by atoms with Crippen molar-refractivity contribution in [3.63, 3.8) is 0 Å². The molecule has 0 saturated carbocycles. The SMILES string of the molecule is CCOC(=O)c1ccc(NC(=O)Cc2csc(NC(=O)Nc3cccc(Cl)c3)n2)cc1. The lowest BCUT2D eigenvalue weighted by Gasteiger charge is -2.06. The molecule has 8 nitrogen and oxygen atoms in total. The van der Waals surface area contributed by atoms with E-state index in [-0.39, 0.29) is 12.3 Å². The van der Waals surface area contributed by atoms with Crippen LogP contribution in [0.2, 0.25) is 5.02 Å². The van der Waals surface area contributed by atoms with Gasteiger partial charge in [0.2, 0.25) is 5.91 Å². The van der Waals surface area contributed by atoms with Gasteiger partial charge in [0, 0.05) is 21.8 Å². The molecule has 3 rings (SSSR count). The Bertz CT molecular complexity index is 1080. The number of amides is 3. The molecule has 0 atom stereocenters. The summed E-state index contributed by atoms with van der Waals surface area (Å²) in [7, 11) is 0. The topological polar surface area (TPSA) is 109 Å². The molecule has 0 fully saturated rings. The fourth-order valence-electron chi connectivity index (χ4n) is 2.55. The molecule has 0 aliphatic rings. The summed E-state index contributed by atoms with van der Waals surface area (Å²) in [6.07, 6.45) is 0.0354. The summed E-state index contributed by atoms with van der Waals surface area (Å²) in [6.45, 7) is 2.03. The van der Waals surface area contributed by atoms with E-state index in [0.29, 0.717) is 39.4 Å². The van der Waals surface area contributed by atoms with Crippen LogP contribution in [0.15, 0.2) is 53.9 Å². The van der Waals surface area contributed by atoms with E-state index in [4.69, 9.17) is 16.3 Å². The van der Waals surface area contributed by atoms with Crippen molar-refractivity contribution >= 4 is 57.4 Å². The van der Waals surface area contributed by atoms with Crippen LogP contribution >= 0.6 is 22.9 Å². The Kier molecular flexibility index (Phi) is 7.58. The van der Waals surface area contributed by atoms with Crippen LogP contribution in [-0.4, -0.2) is 29.5 Å². The molecule has 0 bridgehead atoms. The Hall–Kier alpha value is -3.43. The maximum absolute atomic E-state index is 12.3. The van der Waals surface area contributed by atoms with Gasteiger partial charge in [0.05, 0.1) is 24.3 Å². The monoisotopic (exact) mass is 458 g/mol. The maximum atomic E-state index is 12.3. The summed E-state index contributed by atoms with van der Waals surface area (Å²) in [5.41, 5.74) is 2.03. The van der Waals surface area contributed by atoms with Crippen LogP contribution < -0.4 is 16.0 Å². The molecule has 160 valence electrons. The first-order chi connectivity index (χ1) is 14.9. The van der Waals surface area contributed by atoms with Gasteiger partial charge in [-0.25, -0.2) is 14.6 Å². The number of nitrogens with zero attached hydrogens (tertiary/aromatic N) is 1. The number of aromatic nitrogens is 1. The van der Waals surface area contributed by atoms with Crippen molar-refractivity contribution in [2.45, 2.75) is 13.3 Å². The third-order valence-electron chi connectivity index (χ3n) is 3.88. The smallest absolute Gasteiger partial charge is 0.338 e. The van der Waals surface area contributed by atoms with Gasteiger partial charge in [-0.05, 0) is 49.4 Å². The zero-order valence-corrected chi connectivity index (χ0v) is 18.0. The number of hydrogen-bond acceptors (Lipinski definition) is 6. The Labute approximate surface area is 187 Å². The highest BCUT2D eigenvalue weighted by Gasteiger charge is 2.11. The van der Waals surface area contributed by atoms with Gasteiger partial charge in [0.15, 0.2) is 5.13 Å². The number of benzene rings is 2. The van der Waals surface area contributed by atoms with Gasteiger partial charge in [-0.15, -0.1) is 11.3 Å². The molecule has 31 heavy (non-hydrogen) atoms. The first-order valence-corrected chi connectivity index (χ1v) is 10.5. The molecule has 0 saturated heterocycles. The van der Waals surface area contributed by atoms with Crippen molar-refractivity contribution in [1.82, 2.24) is 4.98 Å². The fraction of sp³-hybridized carbons (Fsp3) is 0.143. The lowest BCUT2D eigenvalue weighted by atomic mass is 10.2. The zero-order valence-electron chi connectivity index (χ0n) is 16.5. The third-order valence-corrected chi connectivity index (χ3v) is 4.92. The number of nitrogens with one attached hydrogen (secondary N) is 3. The van der Waals surface area contributed by atoms with Crippen LogP contribution in [0, 0.1) is 0 Å². The van der Waals surface area contributed by atoms with Crippen molar-refractivity contribution in [3.05, 3.63) is 70.2 Å². The molecule has 10 heteroatoms. The number of hydrogen-bond donors (Lipinski definition) is 3. The van der Waals surface area contributed by atoms with E-state index in [0.717, 1.165) is 0 Å². The highest BCUT2D eigenvalue weighted by molar-refractivity contribution is 7.14. The van der Waals surface area contributed by atoms with Gasteiger partial charge < -0.3 is 15.4 Å². The van der Waals surface area contributed by atoms with Crippen LogP contribution in [0.5, 0.6) is 0 Å². The molecule has 0 aliphatic carbocycles. The van der Waals surface area contributed by atoms with E-state index >= 15 is 0 Å². The molecule has 3 aromatic rings. The highest BCUT2D eigenvalue weighted by atomic mass is 35.5. The Morgan fingerprint density at radius 2 is 1.81 bits per heavy atom. The number of anilines is 3. The minimum Gasteiger partial charge on any atom is -0.462 e. The Balaban J connectivity index is 1.50. The Morgan fingerprint density at radius 3 is 2.52 bits per heavy atom. The molecule has 0 spiro atoms. The summed E-state index contributed by atoms with van der Waals surface area (Å²) in [4.78, 5) is 40.2. The standard InChI is InChI=1S/C21H19ClN4O4S/c1-2-30-19(28)13-6-8-15(9-7-13)23-18(27)11-17-12-31-21(25-17)26-20(29)24-16-5-3-4-14(22)10-16/h3-10,12H,2,11H2,1H3,(H,23,27)(H2,24,25,26,29). The van der Waals surface area contributed by atoms with Crippen molar-refractivity contribution in [1.29, 1.82) is 0 Å². The van der Waals surface area contributed by atoms with Crippen LogP contribution in [0.1, 0.15) is 23.0 Å². The van der Waals surface area contributed by atoms with Crippen LogP contribution in [0.3, 0.4) is 0 Å².